The van der Waals surface area contributed by atoms with Gasteiger partial charge in [-0.25, -0.2) is 0 Å². The van der Waals surface area contributed by atoms with Gasteiger partial charge in [0.2, 0.25) is 0 Å². The quantitative estimate of drug-likeness (QED) is 0.751. The van der Waals surface area contributed by atoms with Crippen LogP contribution in [0, 0.1) is 19.8 Å². The van der Waals surface area contributed by atoms with Crippen molar-refractivity contribution in [3.05, 3.63) is 28.8 Å². The summed E-state index contributed by atoms with van der Waals surface area (Å²) in [4.78, 5) is 12.5. The highest BCUT2D eigenvalue weighted by Gasteiger charge is 2.23. The van der Waals surface area contributed by atoms with Crippen LogP contribution in [0.2, 0.25) is 0 Å². The Bertz CT molecular complexity index is 419. The van der Waals surface area contributed by atoms with Gasteiger partial charge in [-0.05, 0) is 49.9 Å². The van der Waals surface area contributed by atoms with Crippen molar-refractivity contribution in [1.29, 1.82) is 0 Å². The fourth-order valence-corrected chi connectivity index (χ4v) is 3.01. The van der Waals surface area contributed by atoms with Crippen LogP contribution < -0.4 is 4.74 Å². The molecule has 1 fully saturated rings. The molecule has 0 spiro atoms. The number of ether oxygens (including phenoxy) is 1. The number of hydrogen-bond acceptors (Lipinski definition) is 2. The molecule has 1 aliphatic carbocycles. The molecule has 2 nitrogen and oxygen atoms in total. The molecule has 0 bridgehead atoms. The molecule has 2 heteroatoms. The Morgan fingerprint density at radius 3 is 2.17 bits per heavy atom. The second-order valence-electron chi connectivity index (χ2n) is 5.34. The number of rotatable bonds is 3. The average Bonchev–Trinajstić information content (AvgIpc) is 2.38. The summed E-state index contributed by atoms with van der Waals surface area (Å²) < 4.78 is 5.34. The van der Waals surface area contributed by atoms with Crippen molar-refractivity contribution in [2.24, 2.45) is 5.92 Å². The minimum absolute atomic E-state index is 0.242. The van der Waals surface area contributed by atoms with Crippen LogP contribution in [-0.2, 0) is 0 Å². The van der Waals surface area contributed by atoms with Gasteiger partial charge in [0.1, 0.15) is 5.75 Å². The van der Waals surface area contributed by atoms with E-state index in [1.54, 1.807) is 7.11 Å². The molecule has 0 saturated heterocycles. The Labute approximate surface area is 109 Å². The first-order chi connectivity index (χ1) is 8.63. The van der Waals surface area contributed by atoms with Gasteiger partial charge < -0.3 is 4.74 Å². The molecular weight excluding hydrogens is 224 g/mol. The van der Waals surface area contributed by atoms with E-state index in [1.807, 2.05) is 26.0 Å². The molecule has 0 aromatic heterocycles. The molecule has 98 valence electrons. The SMILES string of the molecule is COc1c(C)cc(C(=O)C2CCCCC2)cc1C. The molecule has 2 rings (SSSR count). The van der Waals surface area contributed by atoms with Crippen molar-refractivity contribution in [3.63, 3.8) is 0 Å². The van der Waals surface area contributed by atoms with Gasteiger partial charge in [0, 0.05) is 11.5 Å². The van der Waals surface area contributed by atoms with Gasteiger partial charge in [0.05, 0.1) is 7.11 Å². The molecule has 0 atom stereocenters. The minimum Gasteiger partial charge on any atom is -0.496 e. The molecule has 1 aromatic carbocycles. The minimum atomic E-state index is 0.242. The summed E-state index contributed by atoms with van der Waals surface area (Å²) in [6.07, 6.45) is 5.80. The first-order valence-electron chi connectivity index (χ1n) is 6.83. The van der Waals surface area contributed by atoms with E-state index in [-0.39, 0.29) is 5.92 Å². The summed E-state index contributed by atoms with van der Waals surface area (Å²) in [5.41, 5.74) is 2.96. The molecule has 0 unspecified atom stereocenters. The van der Waals surface area contributed by atoms with Crippen molar-refractivity contribution in [3.8, 4) is 5.75 Å². The zero-order valence-electron chi connectivity index (χ0n) is 11.6. The van der Waals surface area contributed by atoms with E-state index in [4.69, 9.17) is 4.74 Å². The number of carbonyl (C=O) groups is 1. The Kier molecular flexibility index (Phi) is 4.05. The monoisotopic (exact) mass is 246 g/mol. The highest BCUT2D eigenvalue weighted by Crippen LogP contribution is 2.30. The van der Waals surface area contributed by atoms with Gasteiger partial charge in [-0.2, -0.15) is 0 Å². The summed E-state index contributed by atoms with van der Waals surface area (Å²) in [6, 6.07) is 3.95. The Hall–Kier alpha value is -1.31. The molecule has 0 aliphatic heterocycles. The van der Waals surface area contributed by atoms with Gasteiger partial charge in [-0.3, -0.25) is 4.79 Å². The van der Waals surface area contributed by atoms with Crippen LogP contribution in [0.4, 0.5) is 0 Å². The van der Waals surface area contributed by atoms with Crippen LogP contribution in [0.1, 0.15) is 53.6 Å². The molecule has 0 heterocycles. The fraction of sp³-hybridized carbons (Fsp3) is 0.562. The number of hydrogen-bond donors (Lipinski definition) is 0. The van der Waals surface area contributed by atoms with Crippen LogP contribution >= 0.6 is 0 Å². The number of carbonyl (C=O) groups excluding carboxylic acids is 1. The topological polar surface area (TPSA) is 26.3 Å². The Balaban J connectivity index is 2.25. The lowest BCUT2D eigenvalue weighted by molar-refractivity contribution is 0.0889. The van der Waals surface area contributed by atoms with Crippen molar-refractivity contribution < 1.29 is 9.53 Å². The third-order valence-electron chi connectivity index (χ3n) is 3.92. The van der Waals surface area contributed by atoms with Crippen LogP contribution in [0.3, 0.4) is 0 Å². The normalized spacial score (nSPS) is 16.6. The second kappa shape index (κ2) is 5.55. The van der Waals surface area contributed by atoms with Gasteiger partial charge in [0.15, 0.2) is 5.78 Å². The van der Waals surface area contributed by atoms with E-state index in [2.05, 4.69) is 0 Å². The number of Topliss-reactive ketones (excluding diaryl/α,β-unsaturated/α-hetero) is 1. The first kappa shape index (κ1) is 13.1. The van der Waals surface area contributed by atoms with Gasteiger partial charge in [-0.15, -0.1) is 0 Å². The number of methoxy groups -OCH3 is 1. The molecule has 1 aliphatic rings. The highest BCUT2D eigenvalue weighted by atomic mass is 16.5. The Morgan fingerprint density at radius 2 is 1.67 bits per heavy atom. The van der Waals surface area contributed by atoms with E-state index in [0.717, 1.165) is 35.3 Å². The lowest BCUT2D eigenvalue weighted by Gasteiger charge is -2.21. The first-order valence-corrected chi connectivity index (χ1v) is 6.83. The standard InChI is InChI=1S/C16H22O2/c1-11-9-14(10-12(2)16(11)18-3)15(17)13-7-5-4-6-8-13/h9-10,13H,4-8H2,1-3H3. The van der Waals surface area contributed by atoms with E-state index in [1.165, 1.54) is 19.3 Å². The van der Waals surface area contributed by atoms with Crippen molar-refractivity contribution >= 4 is 5.78 Å². The fourth-order valence-electron chi connectivity index (χ4n) is 3.01. The summed E-state index contributed by atoms with van der Waals surface area (Å²) in [5, 5.41) is 0. The zero-order chi connectivity index (χ0) is 13.1. The summed E-state index contributed by atoms with van der Waals surface area (Å²) in [6.45, 7) is 4.01. The molecule has 0 amide bonds. The molecular formula is C16H22O2. The van der Waals surface area contributed by atoms with Gasteiger partial charge in [0.25, 0.3) is 0 Å². The predicted molar refractivity (Wildman–Crippen MR) is 73.4 cm³/mol. The third-order valence-corrected chi connectivity index (χ3v) is 3.92. The van der Waals surface area contributed by atoms with Crippen LogP contribution in [-0.4, -0.2) is 12.9 Å². The van der Waals surface area contributed by atoms with E-state index >= 15 is 0 Å². The van der Waals surface area contributed by atoms with Gasteiger partial charge >= 0.3 is 0 Å². The van der Waals surface area contributed by atoms with Crippen LogP contribution in [0.25, 0.3) is 0 Å². The zero-order valence-corrected chi connectivity index (χ0v) is 11.6. The average molecular weight is 246 g/mol. The van der Waals surface area contributed by atoms with E-state index in [9.17, 15) is 4.79 Å². The Morgan fingerprint density at radius 1 is 1.11 bits per heavy atom. The number of aryl methyl sites for hydroxylation is 2. The van der Waals surface area contributed by atoms with Crippen molar-refractivity contribution in [1.82, 2.24) is 0 Å². The summed E-state index contributed by atoms with van der Waals surface area (Å²) in [5.74, 6) is 1.46. The smallest absolute Gasteiger partial charge is 0.165 e. The molecule has 18 heavy (non-hydrogen) atoms. The maximum Gasteiger partial charge on any atom is 0.165 e. The molecule has 1 aromatic rings. The second-order valence-corrected chi connectivity index (χ2v) is 5.34. The van der Waals surface area contributed by atoms with Crippen LogP contribution in [0.15, 0.2) is 12.1 Å². The third kappa shape index (κ3) is 2.58. The van der Waals surface area contributed by atoms with Crippen molar-refractivity contribution in [2.75, 3.05) is 7.11 Å². The van der Waals surface area contributed by atoms with E-state index < -0.39 is 0 Å². The molecule has 1 saturated carbocycles. The highest BCUT2D eigenvalue weighted by molar-refractivity contribution is 5.98. The number of ketones is 1. The predicted octanol–water partition coefficient (Wildman–Crippen LogP) is 4.08. The van der Waals surface area contributed by atoms with Gasteiger partial charge in [-0.1, -0.05) is 19.3 Å². The lowest BCUT2D eigenvalue weighted by atomic mass is 9.83. The van der Waals surface area contributed by atoms with E-state index in [0.29, 0.717) is 5.78 Å². The summed E-state index contributed by atoms with van der Waals surface area (Å²) in [7, 11) is 1.68. The lowest BCUT2D eigenvalue weighted by Crippen LogP contribution is -2.18. The molecule has 0 radical (unpaired) electrons. The van der Waals surface area contributed by atoms with Crippen molar-refractivity contribution in [2.45, 2.75) is 46.0 Å². The number of benzene rings is 1. The maximum absolute atomic E-state index is 12.5. The molecule has 0 N–H and O–H groups in total. The summed E-state index contributed by atoms with van der Waals surface area (Å²) >= 11 is 0. The van der Waals surface area contributed by atoms with Crippen LogP contribution in [0.5, 0.6) is 5.75 Å². The largest absolute Gasteiger partial charge is 0.496 e. The maximum atomic E-state index is 12.5.